The molecule has 0 aromatic carbocycles. The van der Waals surface area contributed by atoms with Crippen LogP contribution in [0.4, 0.5) is 0 Å². The molecule has 83 valence electrons. The summed E-state index contributed by atoms with van der Waals surface area (Å²) in [5, 5.41) is 37.4. The molecule has 0 spiro atoms. The molecule has 13 heavy (non-hydrogen) atoms. The Labute approximate surface area is 83.7 Å². The van der Waals surface area contributed by atoms with Crippen molar-refractivity contribution in [3.63, 3.8) is 0 Å². The number of aliphatic hydroxyl groups excluding tert-OH is 1. The third-order valence-electron chi connectivity index (χ3n) is 0.224. The van der Waals surface area contributed by atoms with Crippen molar-refractivity contribution < 1.29 is 32.3 Å². The minimum Gasteiger partial charge on any atom is -0.396 e. The first-order valence-electron chi connectivity index (χ1n) is 2.62. The molecule has 0 aliphatic rings. The molecule has 0 aliphatic heterocycles. The number of nitrogens with zero attached hydrogens (tertiary/aromatic N) is 2. The van der Waals surface area contributed by atoms with E-state index >= 15 is 0 Å². The van der Waals surface area contributed by atoms with Crippen LogP contribution >= 0.6 is 0 Å². The fourth-order valence-corrected chi connectivity index (χ4v) is 0. The van der Waals surface area contributed by atoms with Gasteiger partial charge in [-0.2, -0.15) is 0 Å². The maximum atomic E-state index is 8.25. The standard InChI is InChI=1S/C3H8O.Cu.2NO3/c1-2-3-4;;2*2-1(3)4/h4H,2-3H2,1H3;;;/q;+2;2*-1. The maximum Gasteiger partial charge on any atom is 2.00 e. The predicted octanol–water partition coefficient (Wildman–Crippen LogP) is -0.0920. The van der Waals surface area contributed by atoms with E-state index in [0.717, 1.165) is 6.42 Å². The normalized spacial score (nSPS) is 6.00. The molecule has 0 saturated heterocycles. The van der Waals surface area contributed by atoms with E-state index in [1.807, 2.05) is 6.92 Å². The van der Waals surface area contributed by atoms with Crippen molar-refractivity contribution in [2.45, 2.75) is 13.3 Å². The van der Waals surface area contributed by atoms with Crippen molar-refractivity contribution in [2.24, 2.45) is 0 Å². The Kier molecular flexibility index (Phi) is 39.1. The topological polar surface area (TPSA) is 153 Å². The van der Waals surface area contributed by atoms with E-state index in [1.165, 1.54) is 0 Å². The molecule has 0 fully saturated rings. The molecule has 1 N–H and O–H groups in total. The van der Waals surface area contributed by atoms with Crippen LogP contribution in [0.2, 0.25) is 0 Å². The summed E-state index contributed by atoms with van der Waals surface area (Å²) in [6.45, 7) is 2.25. The maximum absolute atomic E-state index is 8.25. The molecule has 0 aromatic rings. The van der Waals surface area contributed by atoms with Gasteiger partial charge in [0.1, 0.15) is 0 Å². The van der Waals surface area contributed by atoms with Crippen LogP contribution in [0.5, 0.6) is 0 Å². The van der Waals surface area contributed by atoms with Crippen molar-refractivity contribution in [3.05, 3.63) is 30.6 Å². The van der Waals surface area contributed by atoms with Crippen LogP contribution in [0.1, 0.15) is 13.3 Å². The Morgan fingerprint density at radius 3 is 1.15 bits per heavy atom. The zero-order valence-electron chi connectivity index (χ0n) is 6.51. The Morgan fingerprint density at radius 2 is 1.15 bits per heavy atom. The summed E-state index contributed by atoms with van der Waals surface area (Å²) in [4.78, 5) is 16.5. The van der Waals surface area contributed by atoms with Gasteiger partial charge in [0.05, 0.1) is 10.2 Å². The molecule has 0 atom stereocenters. The van der Waals surface area contributed by atoms with Crippen LogP contribution in [0.15, 0.2) is 0 Å². The van der Waals surface area contributed by atoms with Gasteiger partial charge in [0.2, 0.25) is 0 Å². The molecule has 0 amide bonds. The Morgan fingerprint density at radius 1 is 1.08 bits per heavy atom. The minimum absolute atomic E-state index is 0. The van der Waals surface area contributed by atoms with Crippen molar-refractivity contribution >= 4 is 0 Å². The number of aliphatic hydroxyl groups is 1. The quantitative estimate of drug-likeness (QED) is 0.386. The molecule has 0 aliphatic carbocycles. The molecule has 0 saturated carbocycles. The molecule has 9 nitrogen and oxygen atoms in total. The van der Waals surface area contributed by atoms with Gasteiger partial charge in [-0.1, -0.05) is 6.92 Å². The predicted molar refractivity (Wildman–Crippen MR) is 38.1 cm³/mol. The Balaban J connectivity index is -0.0000000450. The van der Waals surface area contributed by atoms with Gasteiger partial charge in [0.25, 0.3) is 0 Å². The molecule has 10 heteroatoms. The first-order chi connectivity index (χ1) is 5.38. The van der Waals surface area contributed by atoms with E-state index in [9.17, 15) is 0 Å². The monoisotopic (exact) mass is 247 g/mol. The van der Waals surface area contributed by atoms with Gasteiger partial charge in [0, 0.05) is 6.61 Å². The van der Waals surface area contributed by atoms with Crippen LogP contribution < -0.4 is 0 Å². The second-order valence-electron chi connectivity index (χ2n) is 1.17. The summed E-state index contributed by atoms with van der Waals surface area (Å²) in [5.41, 5.74) is 0. The van der Waals surface area contributed by atoms with Gasteiger partial charge in [-0.25, -0.2) is 0 Å². The van der Waals surface area contributed by atoms with E-state index in [2.05, 4.69) is 0 Å². The van der Waals surface area contributed by atoms with Gasteiger partial charge >= 0.3 is 17.1 Å². The molecule has 0 rings (SSSR count). The van der Waals surface area contributed by atoms with Crippen molar-refractivity contribution in [1.82, 2.24) is 0 Å². The molecular weight excluding hydrogens is 240 g/mol. The summed E-state index contributed by atoms with van der Waals surface area (Å²) in [5.74, 6) is 0. The van der Waals surface area contributed by atoms with Crippen LogP contribution in [0.3, 0.4) is 0 Å². The third kappa shape index (κ3) is 59100. The fraction of sp³-hybridized carbons (Fsp3) is 1.00. The molecule has 0 heterocycles. The number of hydrogen-bond acceptors (Lipinski definition) is 7. The third-order valence-corrected chi connectivity index (χ3v) is 0.224. The summed E-state index contributed by atoms with van der Waals surface area (Å²) < 4.78 is 0. The minimum atomic E-state index is -1.75. The molecule has 0 bridgehead atoms. The van der Waals surface area contributed by atoms with Gasteiger partial charge in [-0.15, -0.1) is 0 Å². The Hall–Kier alpha value is -1.12. The largest absolute Gasteiger partial charge is 2.00 e. The molecule has 1 radical (unpaired) electrons. The molecule has 0 aromatic heterocycles. The average molecular weight is 248 g/mol. The zero-order chi connectivity index (χ0) is 10.6. The summed E-state index contributed by atoms with van der Waals surface area (Å²) >= 11 is 0. The van der Waals surface area contributed by atoms with Crippen LogP contribution in [-0.2, 0) is 17.1 Å². The van der Waals surface area contributed by atoms with Gasteiger partial charge < -0.3 is 35.7 Å². The van der Waals surface area contributed by atoms with E-state index in [1.54, 1.807) is 0 Å². The SMILES string of the molecule is CCCO.O=[N+]([O-])[O-].O=[N+]([O-])[O-].[Cu+2]. The second-order valence-corrected chi connectivity index (χ2v) is 1.17. The van der Waals surface area contributed by atoms with E-state index < -0.39 is 10.2 Å². The van der Waals surface area contributed by atoms with Gasteiger partial charge in [-0.3, -0.25) is 0 Å². The second kappa shape index (κ2) is 22.4. The summed E-state index contributed by atoms with van der Waals surface area (Å²) in [6.07, 6.45) is 0.875. The van der Waals surface area contributed by atoms with E-state index in [0.29, 0.717) is 6.61 Å². The van der Waals surface area contributed by atoms with Crippen LogP contribution in [-0.4, -0.2) is 21.9 Å². The van der Waals surface area contributed by atoms with E-state index in [4.69, 9.17) is 35.7 Å². The van der Waals surface area contributed by atoms with Crippen LogP contribution in [0.25, 0.3) is 0 Å². The first kappa shape index (κ1) is 22.6. The van der Waals surface area contributed by atoms with Gasteiger partial charge in [-0.05, 0) is 6.42 Å². The first-order valence-corrected chi connectivity index (χ1v) is 2.62. The molecular formula is C3H8CuN2O7. The summed E-state index contributed by atoms with van der Waals surface area (Å²) in [6, 6.07) is 0. The van der Waals surface area contributed by atoms with Gasteiger partial charge in [0.15, 0.2) is 0 Å². The van der Waals surface area contributed by atoms with E-state index in [-0.39, 0.29) is 17.1 Å². The van der Waals surface area contributed by atoms with Crippen LogP contribution in [0, 0.1) is 30.6 Å². The smallest absolute Gasteiger partial charge is 0.396 e. The summed E-state index contributed by atoms with van der Waals surface area (Å²) in [7, 11) is 0. The number of hydrogen-bond donors (Lipinski definition) is 1. The zero-order valence-corrected chi connectivity index (χ0v) is 7.45. The van der Waals surface area contributed by atoms with Crippen molar-refractivity contribution in [2.75, 3.05) is 6.61 Å². The van der Waals surface area contributed by atoms with Crippen molar-refractivity contribution in [1.29, 1.82) is 0 Å². The number of rotatable bonds is 1. The Bertz CT molecular complexity index is 98.3. The molecule has 0 unspecified atom stereocenters. The fourth-order valence-electron chi connectivity index (χ4n) is 0. The van der Waals surface area contributed by atoms with Crippen molar-refractivity contribution in [3.8, 4) is 0 Å². The average Bonchev–Trinajstić information content (AvgIpc) is 1.85.